The molecular formula is C10H24O4Zr4+12. The maximum Gasteiger partial charge on any atom is 4.00 e. The fourth-order valence-electron chi connectivity index (χ4n) is 0.144. The van der Waals surface area contributed by atoms with E-state index in [-0.39, 0.29) is 125 Å². The number of unbranched alkanes of at least 4 members (excludes halogenated alkanes) is 1. The van der Waals surface area contributed by atoms with E-state index in [1.165, 1.54) is 0 Å². The molecule has 0 aromatic heterocycles. The Morgan fingerprint density at radius 1 is 0.611 bits per heavy atom. The van der Waals surface area contributed by atoms with Crippen LogP contribution in [0.5, 0.6) is 0 Å². The molecule has 0 fully saturated rings. The molecule has 0 N–H and O–H groups in total. The molecule has 0 rings (SSSR count). The zero-order valence-corrected chi connectivity index (χ0v) is 21.7. The number of hydrogen-bond donors (Lipinski definition) is 0. The molecule has 0 amide bonds. The van der Waals surface area contributed by atoms with Crippen LogP contribution in [0.4, 0.5) is 0 Å². The van der Waals surface area contributed by atoms with Crippen molar-refractivity contribution in [1.82, 2.24) is 0 Å². The largest absolute Gasteiger partial charge is 4.00 e. The molecule has 0 bridgehead atoms. The van der Waals surface area contributed by atoms with Gasteiger partial charge in [-0.2, -0.15) is 7.11 Å². The molecule has 0 saturated heterocycles. The van der Waals surface area contributed by atoms with Crippen molar-refractivity contribution in [3.8, 4) is 0 Å². The summed E-state index contributed by atoms with van der Waals surface area (Å²) in [4.78, 5) is 0. The predicted octanol–water partition coefficient (Wildman–Crippen LogP) is -1.76. The van der Waals surface area contributed by atoms with Gasteiger partial charge in [0.25, 0.3) is 0 Å². The maximum absolute atomic E-state index is 9.53. The summed E-state index contributed by atoms with van der Waals surface area (Å²) < 4.78 is 0. The van der Waals surface area contributed by atoms with Crippen LogP contribution in [0.25, 0.3) is 0 Å². The zero-order chi connectivity index (χ0) is 12.2. The molecule has 8 heteroatoms. The minimum atomic E-state index is 0. The average molecular weight is 573 g/mol. The van der Waals surface area contributed by atoms with Crippen LogP contribution < -0.4 is 20.4 Å². The van der Waals surface area contributed by atoms with Crippen molar-refractivity contribution in [3.05, 3.63) is 0 Å². The van der Waals surface area contributed by atoms with Crippen molar-refractivity contribution in [1.29, 1.82) is 0 Å². The first kappa shape index (κ1) is 49.6. The third-order valence-corrected chi connectivity index (χ3v) is 0.702. The molecule has 0 radical (unpaired) electrons. The molecule has 0 heterocycles. The van der Waals surface area contributed by atoms with Crippen LogP contribution in [0.2, 0.25) is 0 Å². The summed E-state index contributed by atoms with van der Waals surface area (Å²) in [5, 5.41) is 36.0. The van der Waals surface area contributed by atoms with Crippen LogP contribution in [0.3, 0.4) is 0 Å². The fraction of sp³-hybridized carbons (Fsp3) is 1.00. The Hall–Kier alpha value is 3.37. The summed E-state index contributed by atoms with van der Waals surface area (Å²) in [5.41, 5.74) is 0. The van der Waals surface area contributed by atoms with Crippen LogP contribution in [0, 0.1) is 0 Å². The monoisotopic (exact) mass is 568 g/mol. The van der Waals surface area contributed by atoms with Gasteiger partial charge in [0.15, 0.2) is 0 Å². The number of hydrogen-bond acceptors (Lipinski definition) is 4. The Labute approximate surface area is 189 Å². The van der Waals surface area contributed by atoms with Gasteiger partial charge in [-0.25, -0.2) is 0 Å². The van der Waals surface area contributed by atoms with Crippen LogP contribution in [-0.2, 0) is 105 Å². The summed E-state index contributed by atoms with van der Waals surface area (Å²) >= 11 is 0. The van der Waals surface area contributed by atoms with E-state index in [9.17, 15) is 10.2 Å². The van der Waals surface area contributed by atoms with Crippen LogP contribution in [0.1, 0.15) is 40.0 Å². The Bertz CT molecular complexity index is 52.9. The topological polar surface area (TPSA) is 92.2 Å². The van der Waals surface area contributed by atoms with Crippen molar-refractivity contribution in [2.45, 2.75) is 40.0 Å². The quantitative estimate of drug-likeness (QED) is 0.400. The van der Waals surface area contributed by atoms with E-state index >= 15 is 0 Å². The molecule has 0 aliphatic heterocycles. The molecule has 4 nitrogen and oxygen atoms in total. The molecule has 0 spiro atoms. The second-order valence-corrected chi connectivity index (χ2v) is 2.05. The average Bonchev–Trinajstić information content (AvgIpc) is 2.24. The standard InChI is InChI=1S/C4H9O.C3H7O.C2H5O.CH3O.4Zr/c1-2-3-4-5;1-2-3-4;1-2-3;1-2;;;;/h2-4H2,1H3;2-3H2,1H3;2H2,1H3;1H3;;;;/q4*-1;4*+4. The van der Waals surface area contributed by atoms with Gasteiger partial charge in [0.1, 0.15) is 0 Å². The molecule has 92 valence electrons. The fourth-order valence-corrected chi connectivity index (χ4v) is 0.144. The van der Waals surface area contributed by atoms with Gasteiger partial charge in [0, 0.05) is 0 Å². The van der Waals surface area contributed by atoms with Crippen molar-refractivity contribution in [2.24, 2.45) is 0 Å². The third-order valence-electron chi connectivity index (χ3n) is 0.702. The van der Waals surface area contributed by atoms with Crippen molar-refractivity contribution >= 4 is 0 Å². The first-order chi connectivity index (χ1) is 6.74. The summed E-state index contributed by atoms with van der Waals surface area (Å²) in [6.07, 6.45) is 2.63. The molecule has 18 heavy (non-hydrogen) atoms. The first-order valence-corrected chi connectivity index (χ1v) is 4.90. The Kier molecular flexibility index (Phi) is 240. The van der Waals surface area contributed by atoms with Crippen molar-refractivity contribution in [3.63, 3.8) is 0 Å². The van der Waals surface area contributed by atoms with Gasteiger partial charge in [0.05, 0.1) is 0 Å². The Morgan fingerprint density at radius 3 is 0.833 bits per heavy atom. The molecule has 0 aliphatic carbocycles. The molecule has 0 unspecified atom stereocenters. The van der Waals surface area contributed by atoms with Crippen molar-refractivity contribution < 1.29 is 125 Å². The van der Waals surface area contributed by atoms with Gasteiger partial charge in [-0.05, 0) is 0 Å². The van der Waals surface area contributed by atoms with Crippen molar-refractivity contribution in [2.75, 3.05) is 26.9 Å². The molecule has 0 aromatic rings. The van der Waals surface area contributed by atoms with E-state index in [0.29, 0.717) is 0 Å². The van der Waals surface area contributed by atoms with E-state index in [0.717, 1.165) is 26.4 Å². The zero-order valence-electron chi connectivity index (χ0n) is 11.9. The van der Waals surface area contributed by atoms with E-state index in [4.69, 9.17) is 10.2 Å². The second-order valence-electron chi connectivity index (χ2n) is 2.05. The van der Waals surface area contributed by atoms with E-state index in [1.807, 2.05) is 13.8 Å². The molecule has 0 aliphatic rings. The van der Waals surface area contributed by atoms with E-state index < -0.39 is 0 Å². The molecule has 0 atom stereocenters. The summed E-state index contributed by atoms with van der Waals surface area (Å²) in [5.74, 6) is 0. The second kappa shape index (κ2) is 87.0. The minimum absolute atomic E-state index is 0. The van der Waals surface area contributed by atoms with Crippen LogP contribution in [-0.4, -0.2) is 26.9 Å². The molecular weight excluding hydrogens is 549 g/mol. The summed E-state index contributed by atoms with van der Waals surface area (Å²) in [6, 6.07) is 0. The SMILES string of the molecule is CCCC[O-].CCC[O-].CC[O-].C[O-].[Zr+4].[Zr+4].[Zr+4].[Zr+4]. The predicted molar refractivity (Wildman–Crippen MR) is 51.4 cm³/mol. The first-order valence-electron chi connectivity index (χ1n) is 4.90. The van der Waals surface area contributed by atoms with E-state index in [2.05, 4.69) is 0 Å². The van der Waals surface area contributed by atoms with Gasteiger partial charge in [-0.3, -0.25) is 0 Å². The van der Waals surface area contributed by atoms with Gasteiger partial charge < -0.3 is 20.4 Å². The third kappa shape index (κ3) is 161. The Morgan fingerprint density at radius 2 is 0.833 bits per heavy atom. The van der Waals surface area contributed by atoms with E-state index in [1.54, 1.807) is 6.92 Å². The normalized spacial score (nSPS) is 5.33. The van der Waals surface area contributed by atoms with Gasteiger partial charge >= 0.3 is 105 Å². The van der Waals surface area contributed by atoms with Gasteiger partial charge in [-0.1, -0.05) is 40.0 Å². The Balaban J connectivity index is -0.0000000120. The summed E-state index contributed by atoms with van der Waals surface area (Å²) in [6.45, 7) is 5.61. The smallest absolute Gasteiger partial charge is 0.857 e. The van der Waals surface area contributed by atoms with Crippen LogP contribution in [0.15, 0.2) is 0 Å². The minimum Gasteiger partial charge on any atom is -0.857 e. The van der Waals surface area contributed by atoms with Crippen LogP contribution >= 0.6 is 0 Å². The molecule has 0 aromatic carbocycles. The molecule has 0 saturated carbocycles. The summed E-state index contributed by atoms with van der Waals surface area (Å²) in [7, 11) is 0.750. The number of rotatable bonds is 3. The van der Waals surface area contributed by atoms with Gasteiger partial charge in [-0.15, -0.1) is 19.8 Å². The van der Waals surface area contributed by atoms with Gasteiger partial charge in [0.2, 0.25) is 0 Å². The maximum atomic E-state index is 9.53.